The predicted octanol–water partition coefficient (Wildman–Crippen LogP) is 5.78. The van der Waals surface area contributed by atoms with E-state index < -0.39 is 0 Å². The number of aromatic nitrogens is 2. The van der Waals surface area contributed by atoms with Crippen molar-refractivity contribution in [2.24, 2.45) is 0 Å². The number of hydrogen-bond donors (Lipinski definition) is 0. The molecule has 4 rings (SSSR count). The lowest BCUT2D eigenvalue weighted by Crippen LogP contribution is -1.93. The number of fused-ring (bicyclic) bond motifs is 1. The van der Waals surface area contributed by atoms with Crippen molar-refractivity contribution < 1.29 is 0 Å². The second-order valence-electron chi connectivity index (χ2n) is 6.08. The fraction of sp³-hybridized carbons (Fsp3) is 0.0909. The summed E-state index contributed by atoms with van der Waals surface area (Å²) in [6, 6.07) is 21.4. The molecule has 25 heavy (non-hydrogen) atoms. The van der Waals surface area contributed by atoms with Crippen LogP contribution < -0.4 is 0 Å². The van der Waals surface area contributed by atoms with E-state index in [-0.39, 0.29) is 0 Å². The molecule has 0 aliphatic carbocycles. The molecule has 0 unspecified atom stereocenters. The molecule has 2 heterocycles. The number of hydrogen-bond acceptors (Lipinski definition) is 2. The summed E-state index contributed by atoms with van der Waals surface area (Å²) in [7, 11) is 0. The van der Waals surface area contributed by atoms with Crippen molar-refractivity contribution in [3.63, 3.8) is 0 Å². The number of nitrogens with zero attached hydrogens (tertiary/aromatic N) is 2. The Bertz CT molecular complexity index is 1010. The molecule has 3 heteroatoms. The molecule has 0 amide bonds. The van der Waals surface area contributed by atoms with Crippen molar-refractivity contribution in [3.05, 3.63) is 95.9 Å². The first-order valence-electron chi connectivity index (χ1n) is 8.25. The van der Waals surface area contributed by atoms with Crippen molar-refractivity contribution in [3.8, 4) is 11.1 Å². The quantitative estimate of drug-likeness (QED) is 0.414. The van der Waals surface area contributed by atoms with Crippen molar-refractivity contribution in [2.75, 3.05) is 0 Å². The van der Waals surface area contributed by atoms with Gasteiger partial charge >= 0.3 is 0 Å². The Labute approximate surface area is 155 Å². The van der Waals surface area contributed by atoms with Gasteiger partial charge < -0.3 is 0 Å². The van der Waals surface area contributed by atoms with E-state index in [0.29, 0.717) is 0 Å². The number of rotatable bonds is 4. The minimum atomic E-state index is 0.850. The fourth-order valence-electron chi connectivity index (χ4n) is 3.13. The van der Waals surface area contributed by atoms with Crippen molar-refractivity contribution >= 4 is 26.8 Å². The average Bonchev–Trinajstić information content (AvgIpc) is 2.68. The lowest BCUT2D eigenvalue weighted by atomic mass is 9.95. The van der Waals surface area contributed by atoms with E-state index in [4.69, 9.17) is 0 Å². The van der Waals surface area contributed by atoms with Gasteiger partial charge in [-0.25, -0.2) is 0 Å². The van der Waals surface area contributed by atoms with Crippen LogP contribution in [0.25, 0.3) is 22.0 Å². The van der Waals surface area contributed by atoms with Crippen LogP contribution in [0, 0.1) is 0 Å². The first-order valence-corrected chi connectivity index (χ1v) is 9.37. The number of pyridine rings is 2. The van der Waals surface area contributed by atoms with Gasteiger partial charge in [0.25, 0.3) is 0 Å². The second-order valence-corrected chi connectivity index (χ2v) is 6.65. The molecule has 4 aromatic rings. The van der Waals surface area contributed by atoms with E-state index in [1.54, 1.807) is 0 Å². The Kier molecular flexibility index (Phi) is 4.57. The van der Waals surface area contributed by atoms with Crippen LogP contribution in [-0.2, 0) is 11.8 Å². The minimum absolute atomic E-state index is 0.850. The predicted molar refractivity (Wildman–Crippen MR) is 107 cm³/mol. The van der Waals surface area contributed by atoms with E-state index in [9.17, 15) is 0 Å². The van der Waals surface area contributed by atoms with Crippen LogP contribution in [-0.4, -0.2) is 9.97 Å². The van der Waals surface area contributed by atoms with Crippen LogP contribution in [0.4, 0.5) is 0 Å². The first-order chi connectivity index (χ1) is 12.3. The number of alkyl halides is 1. The SMILES string of the molecule is BrCc1cccc(-c2cc(Cc3ccncc3)cc3cccnc23)c1. The van der Waals surface area contributed by atoms with Crippen LogP contribution in [0.2, 0.25) is 0 Å². The topological polar surface area (TPSA) is 25.8 Å². The molecule has 0 atom stereocenters. The Morgan fingerprint density at radius 2 is 1.64 bits per heavy atom. The Morgan fingerprint density at radius 3 is 2.48 bits per heavy atom. The van der Waals surface area contributed by atoms with Gasteiger partial charge in [-0.2, -0.15) is 0 Å². The Balaban J connectivity index is 1.86. The van der Waals surface area contributed by atoms with Gasteiger partial charge in [-0.05, 0) is 59.0 Å². The van der Waals surface area contributed by atoms with E-state index in [1.165, 1.54) is 33.2 Å². The van der Waals surface area contributed by atoms with Gasteiger partial charge in [0.1, 0.15) is 0 Å². The van der Waals surface area contributed by atoms with Crippen LogP contribution in [0.1, 0.15) is 16.7 Å². The average molecular weight is 389 g/mol. The molecule has 0 spiro atoms. The third kappa shape index (κ3) is 3.47. The van der Waals surface area contributed by atoms with Crippen LogP contribution in [0.15, 0.2) is 79.3 Å². The Hall–Kier alpha value is -2.52. The lowest BCUT2D eigenvalue weighted by Gasteiger charge is -2.11. The van der Waals surface area contributed by atoms with Gasteiger partial charge in [-0.3, -0.25) is 9.97 Å². The zero-order valence-electron chi connectivity index (χ0n) is 13.7. The van der Waals surface area contributed by atoms with Gasteiger partial charge in [-0.1, -0.05) is 46.3 Å². The molecular formula is C22H17BrN2. The zero-order chi connectivity index (χ0) is 17.1. The summed E-state index contributed by atoms with van der Waals surface area (Å²) in [5, 5.41) is 2.02. The van der Waals surface area contributed by atoms with Gasteiger partial charge in [-0.15, -0.1) is 0 Å². The molecule has 0 bridgehead atoms. The maximum Gasteiger partial charge on any atom is 0.0780 e. The van der Waals surface area contributed by atoms with Gasteiger partial charge in [0.05, 0.1) is 5.52 Å². The number of halogens is 1. The highest BCUT2D eigenvalue weighted by molar-refractivity contribution is 9.08. The van der Waals surface area contributed by atoms with E-state index >= 15 is 0 Å². The van der Waals surface area contributed by atoms with Crippen LogP contribution in [0.3, 0.4) is 0 Å². The molecule has 122 valence electrons. The number of benzene rings is 2. The molecule has 0 N–H and O–H groups in total. The van der Waals surface area contributed by atoms with Crippen LogP contribution in [0.5, 0.6) is 0 Å². The molecule has 0 radical (unpaired) electrons. The van der Waals surface area contributed by atoms with Crippen LogP contribution >= 0.6 is 15.9 Å². The Morgan fingerprint density at radius 1 is 0.760 bits per heavy atom. The molecule has 0 fully saturated rings. The molecule has 0 saturated heterocycles. The summed E-state index contributed by atoms with van der Waals surface area (Å²) in [5.41, 5.74) is 7.25. The fourth-order valence-corrected chi connectivity index (χ4v) is 3.48. The molecule has 2 aromatic carbocycles. The van der Waals surface area contributed by atoms with E-state index in [1.807, 2.05) is 24.7 Å². The minimum Gasteiger partial charge on any atom is -0.265 e. The summed E-state index contributed by atoms with van der Waals surface area (Å²) in [5.74, 6) is 0. The highest BCUT2D eigenvalue weighted by Crippen LogP contribution is 2.30. The van der Waals surface area contributed by atoms with Crippen molar-refractivity contribution in [1.29, 1.82) is 0 Å². The first kappa shape index (κ1) is 16.0. The molecule has 2 nitrogen and oxygen atoms in total. The second kappa shape index (κ2) is 7.16. The molecule has 2 aromatic heterocycles. The standard InChI is InChI=1S/C22H17BrN2/c23-15-17-3-1-4-19(12-17)21-14-18(11-16-6-9-24-10-7-16)13-20-5-2-8-25-22(20)21/h1-10,12-14H,11,15H2. The summed E-state index contributed by atoms with van der Waals surface area (Å²) < 4.78 is 0. The summed E-state index contributed by atoms with van der Waals surface area (Å²) in [6.07, 6.45) is 6.44. The van der Waals surface area contributed by atoms with Gasteiger partial charge in [0.2, 0.25) is 0 Å². The molecule has 0 aliphatic rings. The largest absolute Gasteiger partial charge is 0.265 e. The summed E-state index contributed by atoms with van der Waals surface area (Å²) >= 11 is 3.55. The molecule has 0 aliphatic heterocycles. The third-order valence-corrected chi connectivity index (χ3v) is 4.96. The highest BCUT2D eigenvalue weighted by Gasteiger charge is 2.09. The van der Waals surface area contributed by atoms with E-state index in [0.717, 1.165) is 17.3 Å². The lowest BCUT2D eigenvalue weighted by molar-refractivity contribution is 1.17. The van der Waals surface area contributed by atoms with Gasteiger partial charge in [0.15, 0.2) is 0 Å². The highest BCUT2D eigenvalue weighted by atomic mass is 79.9. The summed E-state index contributed by atoms with van der Waals surface area (Å²) in [6.45, 7) is 0. The monoisotopic (exact) mass is 388 g/mol. The normalized spacial score (nSPS) is 10.9. The van der Waals surface area contributed by atoms with Crippen molar-refractivity contribution in [2.45, 2.75) is 11.8 Å². The molecule has 0 saturated carbocycles. The third-order valence-electron chi connectivity index (χ3n) is 4.31. The smallest absolute Gasteiger partial charge is 0.0780 e. The maximum atomic E-state index is 4.64. The van der Waals surface area contributed by atoms with Crippen molar-refractivity contribution in [1.82, 2.24) is 9.97 Å². The molecular weight excluding hydrogens is 372 g/mol. The zero-order valence-corrected chi connectivity index (χ0v) is 15.3. The van der Waals surface area contributed by atoms with Gasteiger partial charge in [0, 0.05) is 34.9 Å². The maximum absolute atomic E-state index is 4.64. The summed E-state index contributed by atoms with van der Waals surface area (Å²) in [4.78, 5) is 8.75. The van der Waals surface area contributed by atoms with E-state index in [2.05, 4.69) is 80.5 Å².